The molecule has 1 aromatic carbocycles. The minimum absolute atomic E-state index is 0.0357. The summed E-state index contributed by atoms with van der Waals surface area (Å²) in [7, 11) is 0. The van der Waals surface area contributed by atoms with E-state index in [1.165, 1.54) is 24.3 Å². The molecule has 0 radical (unpaired) electrons. The van der Waals surface area contributed by atoms with Crippen molar-refractivity contribution in [2.24, 2.45) is 11.1 Å². The van der Waals surface area contributed by atoms with Crippen LogP contribution in [0.5, 0.6) is 0 Å². The first-order chi connectivity index (χ1) is 11.7. The lowest BCUT2D eigenvalue weighted by Crippen LogP contribution is -2.75. The van der Waals surface area contributed by atoms with Gasteiger partial charge < -0.3 is 21.1 Å². The molecular formula is C18H26FN3O3. The first kappa shape index (κ1) is 19.3. The largest absolute Gasteiger partial charge is 0.378 e. The van der Waals surface area contributed by atoms with Crippen LogP contribution in [0.25, 0.3) is 0 Å². The molecule has 1 aliphatic carbocycles. The molecule has 1 saturated carbocycles. The number of rotatable bonds is 7. The van der Waals surface area contributed by atoms with Crippen molar-refractivity contribution < 1.29 is 18.7 Å². The molecule has 25 heavy (non-hydrogen) atoms. The van der Waals surface area contributed by atoms with Gasteiger partial charge in [-0.05, 0) is 31.2 Å². The maximum atomic E-state index is 12.8. The molecule has 1 aliphatic rings. The van der Waals surface area contributed by atoms with Crippen LogP contribution in [0.2, 0.25) is 0 Å². The zero-order chi connectivity index (χ0) is 18.7. The van der Waals surface area contributed by atoms with E-state index >= 15 is 0 Å². The zero-order valence-corrected chi connectivity index (χ0v) is 14.9. The van der Waals surface area contributed by atoms with Gasteiger partial charge in [-0.3, -0.25) is 9.59 Å². The maximum Gasteiger partial charge on any atom is 0.251 e. The highest BCUT2D eigenvalue weighted by atomic mass is 19.1. The van der Waals surface area contributed by atoms with Crippen LogP contribution >= 0.6 is 0 Å². The van der Waals surface area contributed by atoms with Crippen molar-refractivity contribution in [3.05, 3.63) is 35.6 Å². The Labute approximate surface area is 147 Å². The van der Waals surface area contributed by atoms with Crippen LogP contribution < -0.4 is 16.4 Å². The Kier molecular flexibility index (Phi) is 5.80. The molecular weight excluding hydrogens is 325 g/mol. The number of nitrogens with two attached hydrogens (primary N) is 1. The molecule has 138 valence electrons. The van der Waals surface area contributed by atoms with Crippen molar-refractivity contribution in [3.8, 4) is 0 Å². The summed E-state index contributed by atoms with van der Waals surface area (Å²) < 4.78 is 18.4. The monoisotopic (exact) mass is 351 g/mol. The molecule has 0 spiro atoms. The van der Waals surface area contributed by atoms with Crippen molar-refractivity contribution in [2.45, 2.75) is 38.8 Å². The molecule has 0 bridgehead atoms. The highest BCUT2D eigenvalue weighted by molar-refractivity contribution is 5.94. The van der Waals surface area contributed by atoms with E-state index < -0.39 is 16.8 Å². The molecule has 2 atom stereocenters. The number of benzene rings is 1. The fourth-order valence-corrected chi connectivity index (χ4v) is 3.03. The summed E-state index contributed by atoms with van der Waals surface area (Å²) in [6, 6.07) is 5.26. The highest BCUT2D eigenvalue weighted by Gasteiger charge is 2.62. The fourth-order valence-electron chi connectivity index (χ4n) is 3.03. The number of carbonyl (C=O) groups is 2. The van der Waals surface area contributed by atoms with Gasteiger partial charge in [0, 0.05) is 37.1 Å². The second-order valence-electron chi connectivity index (χ2n) is 6.86. The molecule has 0 heterocycles. The van der Waals surface area contributed by atoms with Gasteiger partial charge in [0.2, 0.25) is 5.91 Å². The second-order valence-corrected chi connectivity index (χ2v) is 6.86. The normalized spacial score (nSPS) is 24.3. The number of nitrogens with one attached hydrogen (secondary N) is 2. The third-order valence-corrected chi connectivity index (χ3v) is 5.04. The van der Waals surface area contributed by atoms with Gasteiger partial charge in [0.25, 0.3) is 5.91 Å². The van der Waals surface area contributed by atoms with Gasteiger partial charge in [0.1, 0.15) is 11.4 Å². The van der Waals surface area contributed by atoms with Crippen molar-refractivity contribution in [2.75, 3.05) is 19.7 Å². The Morgan fingerprint density at radius 2 is 1.84 bits per heavy atom. The van der Waals surface area contributed by atoms with Crippen molar-refractivity contribution >= 4 is 11.8 Å². The number of hydrogen-bond acceptors (Lipinski definition) is 4. The number of ether oxygens (including phenoxy) is 1. The van der Waals surface area contributed by atoms with E-state index in [4.69, 9.17) is 10.5 Å². The fraction of sp³-hybridized carbons (Fsp3) is 0.556. The van der Waals surface area contributed by atoms with E-state index in [1.807, 2.05) is 20.8 Å². The lowest BCUT2D eigenvalue weighted by Gasteiger charge is -2.57. The summed E-state index contributed by atoms with van der Waals surface area (Å²) in [6.45, 7) is 6.87. The van der Waals surface area contributed by atoms with Crippen LogP contribution in [0.4, 0.5) is 4.39 Å². The van der Waals surface area contributed by atoms with Crippen LogP contribution in [-0.2, 0) is 9.53 Å². The third kappa shape index (κ3) is 3.82. The van der Waals surface area contributed by atoms with E-state index in [0.717, 1.165) is 0 Å². The Hall–Kier alpha value is -1.99. The lowest BCUT2D eigenvalue weighted by molar-refractivity contribution is -0.170. The summed E-state index contributed by atoms with van der Waals surface area (Å²) in [5.74, 6) is -0.966. The summed E-state index contributed by atoms with van der Waals surface area (Å²) in [5.41, 5.74) is 5.21. The van der Waals surface area contributed by atoms with Gasteiger partial charge in [-0.25, -0.2) is 4.39 Å². The molecule has 0 saturated heterocycles. The smallest absolute Gasteiger partial charge is 0.251 e. The Morgan fingerprint density at radius 1 is 1.24 bits per heavy atom. The van der Waals surface area contributed by atoms with Crippen LogP contribution in [0.1, 0.15) is 37.6 Å². The number of amides is 2. The van der Waals surface area contributed by atoms with E-state index in [-0.39, 0.29) is 31.0 Å². The molecule has 2 rings (SSSR count). The van der Waals surface area contributed by atoms with Crippen molar-refractivity contribution in [3.63, 3.8) is 0 Å². The SMILES string of the molecule is CCOC1CC(N)(C(=O)NCCNC(=O)c2ccc(F)cc2)C1(C)C. The molecule has 1 fully saturated rings. The van der Waals surface area contributed by atoms with E-state index in [2.05, 4.69) is 10.6 Å². The average molecular weight is 351 g/mol. The molecule has 0 aliphatic heterocycles. The Balaban J connectivity index is 1.77. The molecule has 0 aromatic heterocycles. The highest BCUT2D eigenvalue weighted by Crippen LogP contribution is 2.49. The van der Waals surface area contributed by atoms with E-state index in [9.17, 15) is 14.0 Å². The molecule has 6 nitrogen and oxygen atoms in total. The predicted octanol–water partition coefficient (Wildman–Crippen LogP) is 1.20. The minimum Gasteiger partial charge on any atom is -0.378 e. The van der Waals surface area contributed by atoms with Crippen LogP contribution in [0.3, 0.4) is 0 Å². The van der Waals surface area contributed by atoms with Crippen LogP contribution in [0, 0.1) is 11.2 Å². The zero-order valence-electron chi connectivity index (χ0n) is 14.9. The second kappa shape index (κ2) is 7.49. The standard InChI is InChI=1S/C18H26FN3O3/c1-4-25-14-11-18(20,17(14,2)3)16(24)22-10-9-21-15(23)12-5-7-13(19)8-6-12/h5-8,14H,4,9-11,20H2,1-3H3,(H,21,23)(H,22,24). The topological polar surface area (TPSA) is 93.4 Å². The summed E-state index contributed by atoms with van der Waals surface area (Å²) in [5, 5.41) is 5.43. The maximum absolute atomic E-state index is 12.8. The van der Waals surface area contributed by atoms with E-state index in [1.54, 1.807) is 0 Å². The quantitative estimate of drug-likeness (QED) is 0.644. The lowest BCUT2D eigenvalue weighted by atomic mass is 9.54. The van der Waals surface area contributed by atoms with Gasteiger partial charge in [-0.15, -0.1) is 0 Å². The van der Waals surface area contributed by atoms with Crippen molar-refractivity contribution in [1.82, 2.24) is 10.6 Å². The van der Waals surface area contributed by atoms with Gasteiger partial charge in [0.05, 0.1) is 6.10 Å². The van der Waals surface area contributed by atoms with Gasteiger partial charge in [-0.1, -0.05) is 13.8 Å². The Morgan fingerprint density at radius 3 is 2.40 bits per heavy atom. The molecule has 2 unspecified atom stereocenters. The van der Waals surface area contributed by atoms with Crippen LogP contribution in [-0.4, -0.2) is 43.2 Å². The minimum atomic E-state index is -0.978. The number of carbonyl (C=O) groups excluding carboxylic acids is 2. The Bertz CT molecular complexity index is 633. The van der Waals surface area contributed by atoms with Crippen molar-refractivity contribution in [1.29, 1.82) is 0 Å². The average Bonchev–Trinajstić information content (AvgIpc) is 2.58. The first-order valence-corrected chi connectivity index (χ1v) is 8.45. The third-order valence-electron chi connectivity index (χ3n) is 5.04. The number of halogens is 1. The first-order valence-electron chi connectivity index (χ1n) is 8.45. The molecule has 1 aromatic rings. The summed E-state index contributed by atoms with van der Waals surface area (Å²) in [4.78, 5) is 24.3. The predicted molar refractivity (Wildman–Crippen MR) is 92.5 cm³/mol. The summed E-state index contributed by atoms with van der Waals surface area (Å²) >= 11 is 0. The van der Waals surface area contributed by atoms with E-state index in [0.29, 0.717) is 18.6 Å². The van der Waals surface area contributed by atoms with Crippen LogP contribution in [0.15, 0.2) is 24.3 Å². The van der Waals surface area contributed by atoms with Gasteiger partial charge in [0.15, 0.2) is 0 Å². The molecule has 7 heteroatoms. The van der Waals surface area contributed by atoms with Gasteiger partial charge >= 0.3 is 0 Å². The molecule has 4 N–H and O–H groups in total. The van der Waals surface area contributed by atoms with Gasteiger partial charge in [-0.2, -0.15) is 0 Å². The molecule has 2 amide bonds. The summed E-state index contributed by atoms with van der Waals surface area (Å²) in [6.07, 6.45) is 0.438. The number of hydrogen-bond donors (Lipinski definition) is 3.